The van der Waals surface area contributed by atoms with E-state index in [1.807, 2.05) is 0 Å². The van der Waals surface area contributed by atoms with Crippen molar-refractivity contribution < 1.29 is 26.7 Å². The van der Waals surface area contributed by atoms with E-state index in [1.54, 1.807) is 0 Å². The second-order valence-electron chi connectivity index (χ2n) is 3.14. The lowest BCUT2D eigenvalue weighted by Crippen LogP contribution is -2.21. The maximum Gasteiger partial charge on any atom is 0.408 e. The smallest absolute Gasteiger partial charge is 0.369 e. The quantitative estimate of drug-likeness (QED) is 0.812. The van der Waals surface area contributed by atoms with Gasteiger partial charge in [0.05, 0.1) is 6.42 Å². The van der Waals surface area contributed by atoms with E-state index in [0.717, 1.165) is 0 Å². The monoisotopic (exact) mass is 258 g/mol. The summed E-state index contributed by atoms with van der Waals surface area (Å²) in [6, 6.07) is 0. The van der Waals surface area contributed by atoms with Crippen LogP contribution in [0.1, 0.15) is 17.8 Å². The number of alkyl halides is 5. The molecule has 0 bridgehead atoms. The van der Waals surface area contributed by atoms with E-state index in [-0.39, 0.29) is 4.68 Å². The van der Waals surface area contributed by atoms with Crippen LogP contribution in [0, 0.1) is 0 Å². The molecule has 0 aromatic carbocycles. The zero-order valence-corrected chi connectivity index (χ0v) is 8.21. The van der Waals surface area contributed by atoms with Crippen molar-refractivity contribution in [2.75, 3.05) is 0 Å². The van der Waals surface area contributed by atoms with E-state index in [4.69, 9.17) is 5.73 Å². The number of amides is 1. The normalized spacial score (nSPS) is 12.1. The fourth-order valence-corrected chi connectivity index (χ4v) is 1.17. The van der Waals surface area contributed by atoms with Crippen LogP contribution in [0.2, 0.25) is 0 Å². The molecule has 1 rings (SSSR count). The number of halogens is 5. The molecule has 0 aliphatic carbocycles. The minimum absolute atomic E-state index is 0.0168. The van der Waals surface area contributed by atoms with Gasteiger partial charge in [-0.2, -0.15) is 13.2 Å². The van der Waals surface area contributed by atoms with Crippen LogP contribution in [0.25, 0.3) is 0 Å². The molecule has 0 aliphatic heterocycles. The molecule has 10 heteroatoms. The highest BCUT2D eigenvalue weighted by molar-refractivity contribution is 5.76. The largest absolute Gasteiger partial charge is 0.408 e. The zero-order chi connectivity index (χ0) is 13.2. The maximum absolute atomic E-state index is 12.5. The molecule has 0 radical (unpaired) electrons. The molecule has 0 aliphatic rings. The molecule has 96 valence electrons. The van der Waals surface area contributed by atoms with E-state index >= 15 is 0 Å². The van der Waals surface area contributed by atoms with Crippen LogP contribution in [0.4, 0.5) is 22.0 Å². The van der Waals surface area contributed by atoms with Crippen LogP contribution in [0.3, 0.4) is 0 Å². The van der Waals surface area contributed by atoms with Crippen molar-refractivity contribution in [2.45, 2.75) is 25.6 Å². The summed E-state index contributed by atoms with van der Waals surface area (Å²) in [6.45, 7) is -1.70. The molecule has 1 amide bonds. The molecule has 1 heterocycles. The molecule has 0 atom stereocenters. The van der Waals surface area contributed by atoms with Gasteiger partial charge in [0, 0.05) is 0 Å². The van der Waals surface area contributed by atoms with Gasteiger partial charge in [-0.15, -0.1) is 5.10 Å². The number of hydrogen-bond acceptors (Lipinski definition) is 3. The van der Waals surface area contributed by atoms with E-state index in [0.29, 0.717) is 0 Å². The topological polar surface area (TPSA) is 73.8 Å². The Hall–Kier alpha value is -1.74. The van der Waals surface area contributed by atoms with Gasteiger partial charge < -0.3 is 5.73 Å². The molecule has 0 spiro atoms. The molecule has 0 fully saturated rings. The third-order valence-electron chi connectivity index (χ3n) is 1.72. The van der Waals surface area contributed by atoms with Crippen molar-refractivity contribution in [3.8, 4) is 0 Å². The number of nitrogens with zero attached hydrogens (tertiary/aromatic N) is 3. The highest BCUT2D eigenvalue weighted by atomic mass is 19.4. The lowest BCUT2D eigenvalue weighted by molar-refractivity contribution is -0.144. The SMILES string of the molecule is NC(=O)Cc1nnn(CC(F)(F)F)c1C(F)F. The molecular formula is C7H7F5N4O. The number of nitrogens with two attached hydrogens (primary N) is 1. The third kappa shape index (κ3) is 3.64. The Kier molecular flexibility index (Phi) is 3.63. The van der Waals surface area contributed by atoms with Crippen LogP contribution >= 0.6 is 0 Å². The standard InChI is InChI=1S/C7H7F5N4O/c8-6(9)5-3(1-4(13)17)14-15-16(5)2-7(10,11)12/h6H,1-2H2,(H2,13,17). The Balaban J connectivity index is 3.06. The van der Waals surface area contributed by atoms with Crippen molar-refractivity contribution in [3.63, 3.8) is 0 Å². The Morgan fingerprint density at radius 3 is 2.41 bits per heavy atom. The second kappa shape index (κ2) is 4.63. The van der Waals surface area contributed by atoms with E-state index < -0.39 is 42.9 Å². The van der Waals surface area contributed by atoms with Crippen LogP contribution in [0.15, 0.2) is 0 Å². The molecular weight excluding hydrogens is 251 g/mol. The van der Waals surface area contributed by atoms with Gasteiger partial charge in [-0.05, 0) is 0 Å². The Bertz CT molecular complexity index is 413. The van der Waals surface area contributed by atoms with E-state index in [1.165, 1.54) is 0 Å². The summed E-state index contributed by atoms with van der Waals surface area (Å²) < 4.78 is 61.2. The van der Waals surface area contributed by atoms with Crippen molar-refractivity contribution in [1.29, 1.82) is 0 Å². The first-order valence-electron chi connectivity index (χ1n) is 4.26. The average Bonchev–Trinajstić information content (AvgIpc) is 2.43. The summed E-state index contributed by atoms with van der Waals surface area (Å²) in [7, 11) is 0. The molecule has 2 N–H and O–H groups in total. The summed E-state index contributed by atoms with van der Waals surface area (Å²) in [5, 5.41) is 6.03. The van der Waals surface area contributed by atoms with Crippen LogP contribution < -0.4 is 5.73 Å². The minimum atomic E-state index is -4.71. The Labute approximate surface area is 91.4 Å². The number of primary amides is 1. The van der Waals surface area contributed by atoms with Crippen LogP contribution in [-0.2, 0) is 17.8 Å². The van der Waals surface area contributed by atoms with Gasteiger partial charge in [-0.25, -0.2) is 13.5 Å². The molecule has 1 aromatic heterocycles. The summed E-state index contributed by atoms with van der Waals surface area (Å²) in [6.07, 6.45) is -8.61. The van der Waals surface area contributed by atoms with Crippen LogP contribution in [0.5, 0.6) is 0 Å². The molecule has 0 saturated carbocycles. The van der Waals surface area contributed by atoms with E-state index in [2.05, 4.69) is 10.3 Å². The summed E-state index contributed by atoms with van der Waals surface area (Å²) >= 11 is 0. The van der Waals surface area contributed by atoms with Gasteiger partial charge in [0.2, 0.25) is 5.91 Å². The maximum atomic E-state index is 12.5. The van der Waals surface area contributed by atoms with E-state index in [9.17, 15) is 26.7 Å². The van der Waals surface area contributed by atoms with Gasteiger partial charge >= 0.3 is 6.18 Å². The van der Waals surface area contributed by atoms with Crippen molar-refractivity contribution in [3.05, 3.63) is 11.4 Å². The van der Waals surface area contributed by atoms with Crippen molar-refractivity contribution >= 4 is 5.91 Å². The molecule has 5 nitrogen and oxygen atoms in total. The predicted molar refractivity (Wildman–Crippen MR) is 43.9 cm³/mol. The molecule has 0 saturated heterocycles. The fourth-order valence-electron chi connectivity index (χ4n) is 1.17. The number of carbonyl (C=O) groups excluding carboxylic acids is 1. The van der Waals surface area contributed by atoms with Gasteiger partial charge in [-0.1, -0.05) is 5.21 Å². The second-order valence-corrected chi connectivity index (χ2v) is 3.14. The first-order valence-corrected chi connectivity index (χ1v) is 4.26. The number of hydrogen-bond donors (Lipinski definition) is 1. The number of aromatic nitrogens is 3. The van der Waals surface area contributed by atoms with Gasteiger partial charge in [0.1, 0.15) is 17.9 Å². The first-order chi connectivity index (χ1) is 7.70. The lowest BCUT2D eigenvalue weighted by Gasteiger charge is -2.09. The predicted octanol–water partition coefficient (Wildman–Crippen LogP) is 0.806. The zero-order valence-electron chi connectivity index (χ0n) is 8.21. The molecule has 0 unspecified atom stereocenters. The summed E-state index contributed by atoms with van der Waals surface area (Å²) in [5.41, 5.74) is 3.16. The number of carbonyl (C=O) groups is 1. The van der Waals surface area contributed by atoms with Gasteiger partial charge in [0.15, 0.2) is 0 Å². The third-order valence-corrected chi connectivity index (χ3v) is 1.72. The lowest BCUT2D eigenvalue weighted by atomic mass is 10.2. The fraction of sp³-hybridized carbons (Fsp3) is 0.571. The molecule has 17 heavy (non-hydrogen) atoms. The van der Waals surface area contributed by atoms with Gasteiger partial charge in [0.25, 0.3) is 6.43 Å². The van der Waals surface area contributed by atoms with Crippen molar-refractivity contribution in [2.24, 2.45) is 5.73 Å². The highest BCUT2D eigenvalue weighted by Gasteiger charge is 2.33. The number of rotatable bonds is 4. The highest BCUT2D eigenvalue weighted by Crippen LogP contribution is 2.25. The van der Waals surface area contributed by atoms with Crippen LogP contribution in [-0.4, -0.2) is 27.1 Å². The van der Waals surface area contributed by atoms with Crippen molar-refractivity contribution in [1.82, 2.24) is 15.0 Å². The first kappa shape index (κ1) is 13.3. The Morgan fingerprint density at radius 1 is 1.41 bits per heavy atom. The summed E-state index contributed by atoms with van der Waals surface area (Å²) in [5.74, 6) is -0.981. The van der Waals surface area contributed by atoms with Gasteiger partial charge in [-0.3, -0.25) is 4.79 Å². The molecule has 1 aromatic rings. The average molecular weight is 258 g/mol. The minimum Gasteiger partial charge on any atom is -0.369 e. The summed E-state index contributed by atoms with van der Waals surface area (Å²) in [4.78, 5) is 10.5. The Morgan fingerprint density at radius 2 is 2.00 bits per heavy atom.